The Labute approximate surface area is 161 Å². The Morgan fingerprint density at radius 3 is 2.56 bits per heavy atom. The van der Waals surface area contributed by atoms with Crippen LogP contribution in [-0.2, 0) is 27.7 Å². The van der Waals surface area contributed by atoms with Crippen LogP contribution in [-0.4, -0.2) is 21.8 Å². The highest BCUT2D eigenvalue weighted by molar-refractivity contribution is 7.85. The maximum atomic E-state index is 14.4. The molecule has 2 aromatic rings. The fraction of sp³-hybridized carbons (Fsp3) is 0.286. The molecule has 4 nitrogen and oxygen atoms in total. The van der Waals surface area contributed by atoms with E-state index in [2.05, 4.69) is 11.9 Å². The van der Waals surface area contributed by atoms with Gasteiger partial charge in [0.25, 0.3) is 0 Å². The molecule has 2 atom stereocenters. The number of carbonyl (C=O) groups excluding carboxylic acids is 1. The van der Waals surface area contributed by atoms with Gasteiger partial charge in [-0.3, -0.25) is 4.21 Å². The largest absolute Gasteiger partial charge is 0.445 e. The summed E-state index contributed by atoms with van der Waals surface area (Å²) >= 11 is 0. The molecule has 0 spiro atoms. The number of allylic oxidation sites excluding steroid dienone is 1. The third-order valence-electron chi connectivity index (χ3n) is 4.06. The lowest BCUT2D eigenvalue weighted by molar-refractivity contribution is 0.129. The van der Waals surface area contributed by atoms with Gasteiger partial charge in [-0.05, 0) is 25.0 Å². The molecule has 0 radical (unpaired) electrons. The quantitative estimate of drug-likeness (QED) is 0.651. The van der Waals surface area contributed by atoms with Crippen LogP contribution in [0.25, 0.3) is 0 Å². The second kappa shape index (κ2) is 10.0. The van der Waals surface area contributed by atoms with Crippen LogP contribution in [0, 0.1) is 5.82 Å². The molecule has 27 heavy (non-hydrogen) atoms. The van der Waals surface area contributed by atoms with Crippen LogP contribution in [0.4, 0.5) is 9.18 Å². The zero-order chi connectivity index (χ0) is 19.7. The van der Waals surface area contributed by atoms with Crippen LogP contribution in [0.2, 0.25) is 0 Å². The van der Waals surface area contributed by atoms with E-state index in [0.717, 1.165) is 5.56 Å². The normalized spacial score (nSPS) is 14.0. The van der Waals surface area contributed by atoms with Crippen molar-refractivity contribution >= 4 is 16.9 Å². The van der Waals surface area contributed by atoms with E-state index in [9.17, 15) is 13.4 Å². The van der Waals surface area contributed by atoms with Gasteiger partial charge in [-0.25, -0.2) is 9.18 Å². The molecule has 2 rings (SSSR count). The van der Waals surface area contributed by atoms with Gasteiger partial charge in [0.15, 0.2) is 0 Å². The van der Waals surface area contributed by atoms with Crippen LogP contribution < -0.4 is 5.32 Å². The molecule has 0 fully saturated rings. The average Bonchev–Trinajstić information content (AvgIpc) is 2.65. The highest BCUT2D eigenvalue weighted by Crippen LogP contribution is 2.25. The number of ether oxygens (including phenoxy) is 1. The highest BCUT2D eigenvalue weighted by atomic mass is 32.2. The fourth-order valence-electron chi connectivity index (χ4n) is 2.68. The lowest BCUT2D eigenvalue weighted by atomic mass is 9.93. The van der Waals surface area contributed by atoms with E-state index in [0.29, 0.717) is 12.2 Å². The molecule has 0 aliphatic carbocycles. The number of nitrogens with one attached hydrogen (secondary N) is 1. The summed E-state index contributed by atoms with van der Waals surface area (Å²) in [4.78, 5) is 12.3. The van der Waals surface area contributed by atoms with Crippen molar-refractivity contribution in [2.75, 3.05) is 11.5 Å². The number of amides is 1. The molecule has 1 amide bonds. The minimum absolute atomic E-state index is 0.0716. The smallest absolute Gasteiger partial charge is 0.408 e. The molecule has 0 aliphatic rings. The SMILES string of the molecule is C=CCCS(=O)C[C@](C)(NC(=O)OCc1ccccc1)c1ccccc1F. The predicted molar refractivity (Wildman–Crippen MR) is 106 cm³/mol. The van der Waals surface area contributed by atoms with Gasteiger partial charge in [0, 0.05) is 22.1 Å². The van der Waals surface area contributed by atoms with Crippen molar-refractivity contribution in [3.8, 4) is 0 Å². The maximum absolute atomic E-state index is 14.4. The third-order valence-corrected chi connectivity index (χ3v) is 5.65. The molecular weight excluding hydrogens is 365 g/mol. The second-order valence-corrected chi connectivity index (χ2v) is 7.94. The van der Waals surface area contributed by atoms with Crippen molar-refractivity contribution in [1.82, 2.24) is 5.32 Å². The summed E-state index contributed by atoms with van der Waals surface area (Å²) in [7, 11) is -1.26. The van der Waals surface area contributed by atoms with Crippen molar-refractivity contribution in [3.63, 3.8) is 0 Å². The predicted octanol–water partition coefficient (Wildman–Crippen LogP) is 4.29. The molecule has 1 unspecified atom stereocenters. The van der Waals surface area contributed by atoms with Crippen LogP contribution in [0.1, 0.15) is 24.5 Å². The summed E-state index contributed by atoms with van der Waals surface area (Å²) in [5.74, 6) is 0.000302. The molecule has 0 bridgehead atoms. The first kappa shape index (κ1) is 20.8. The van der Waals surface area contributed by atoms with E-state index in [1.165, 1.54) is 6.07 Å². The summed E-state index contributed by atoms with van der Waals surface area (Å²) in [6.45, 7) is 5.37. The molecule has 144 valence electrons. The highest BCUT2D eigenvalue weighted by Gasteiger charge is 2.33. The first-order valence-corrected chi connectivity index (χ1v) is 10.1. The van der Waals surface area contributed by atoms with E-state index in [1.54, 1.807) is 31.2 Å². The standard InChI is InChI=1S/C21H24FNO3S/c1-3-4-14-27(25)16-21(2,18-12-8-9-13-19(18)22)23-20(24)26-15-17-10-6-5-7-11-17/h3,5-13H,1,4,14-16H2,2H3,(H,23,24)/t21-,27?/m0/s1. The summed E-state index contributed by atoms with van der Waals surface area (Å²) in [6, 6.07) is 15.4. The molecule has 0 saturated carbocycles. The van der Waals surface area contributed by atoms with Gasteiger partial charge in [-0.15, -0.1) is 6.58 Å². The van der Waals surface area contributed by atoms with E-state index >= 15 is 0 Å². The number of alkyl carbamates (subject to hydrolysis) is 1. The minimum atomic E-state index is -1.26. The van der Waals surface area contributed by atoms with Crippen LogP contribution in [0.15, 0.2) is 67.3 Å². The van der Waals surface area contributed by atoms with Crippen molar-refractivity contribution in [2.45, 2.75) is 25.5 Å². The Bertz CT molecular complexity index is 797. The molecule has 0 heterocycles. The van der Waals surface area contributed by atoms with Crippen molar-refractivity contribution in [2.24, 2.45) is 0 Å². The fourth-order valence-corrected chi connectivity index (χ4v) is 4.13. The molecule has 0 aliphatic heterocycles. The molecule has 0 aromatic heterocycles. The average molecular weight is 389 g/mol. The zero-order valence-electron chi connectivity index (χ0n) is 15.3. The first-order chi connectivity index (χ1) is 12.9. The summed E-state index contributed by atoms with van der Waals surface area (Å²) < 4.78 is 32.1. The van der Waals surface area contributed by atoms with Gasteiger partial charge in [0.1, 0.15) is 12.4 Å². The van der Waals surface area contributed by atoms with Crippen LogP contribution in [0.3, 0.4) is 0 Å². The van der Waals surface area contributed by atoms with Gasteiger partial charge < -0.3 is 10.1 Å². The lowest BCUT2D eigenvalue weighted by Crippen LogP contribution is -2.48. The molecular formula is C21H24FNO3S. The Morgan fingerprint density at radius 2 is 1.89 bits per heavy atom. The zero-order valence-corrected chi connectivity index (χ0v) is 16.1. The Balaban J connectivity index is 2.13. The number of hydrogen-bond donors (Lipinski definition) is 1. The molecule has 0 saturated heterocycles. The summed E-state index contributed by atoms with van der Waals surface area (Å²) in [6.07, 6.45) is 1.57. The van der Waals surface area contributed by atoms with Gasteiger partial charge in [-0.1, -0.05) is 54.6 Å². The van der Waals surface area contributed by atoms with E-state index in [4.69, 9.17) is 4.74 Å². The Kier molecular flexibility index (Phi) is 7.73. The molecule has 2 aromatic carbocycles. The van der Waals surface area contributed by atoms with Gasteiger partial charge in [-0.2, -0.15) is 0 Å². The van der Waals surface area contributed by atoms with Crippen LogP contribution >= 0.6 is 0 Å². The Hall–Kier alpha value is -2.47. The molecule has 6 heteroatoms. The third kappa shape index (κ3) is 6.32. The van der Waals surface area contributed by atoms with Gasteiger partial charge >= 0.3 is 6.09 Å². The topological polar surface area (TPSA) is 55.4 Å². The van der Waals surface area contributed by atoms with Crippen molar-refractivity contribution in [1.29, 1.82) is 0 Å². The Morgan fingerprint density at radius 1 is 1.22 bits per heavy atom. The van der Waals surface area contributed by atoms with Crippen LogP contribution in [0.5, 0.6) is 0 Å². The first-order valence-electron chi connectivity index (χ1n) is 8.64. The number of rotatable bonds is 9. The van der Waals surface area contributed by atoms with Crippen molar-refractivity contribution in [3.05, 3.63) is 84.2 Å². The number of benzene rings is 2. The number of halogens is 1. The number of carbonyl (C=O) groups is 1. The molecule has 1 N–H and O–H groups in total. The number of hydrogen-bond acceptors (Lipinski definition) is 3. The van der Waals surface area contributed by atoms with E-state index in [-0.39, 0.29) is 17.9 Å². The van der Waals surface area contributed by atoms with Gasteiger partial charge in [0.05, 0.1) is 11.3 Å². The maximum Gasteiger partial charge on any atom is 0.408 e. The monoisotopic (exact) mass is 389 g/mol. The van der Waals surface area contributed by atoms with E-state index in [1.807, 2.05) is 30.3 Å². The van der Waals surface area contributed by atoms with Crippen molar-refractivity contribution < 1.29 is 18.1 Å². The minimum Gasteiger partial charge on any atom is -0.445 e. The van der Waals surface area contributed by atoms with Gasteiger partial charge in [0.2, 0.25) is 0 Å². The van der Waals surface area contributed by atoms with E-state index < -0.39 is 28.2 Å². The summed E-state index contributed by atoms with van der Waals surface area (Å²) in [5.41, 5.74) is -0.0473. The second-order valence-electron chi connectivity index (χ2n) is 6.36. The lowest BCUT2D eigenvalue weighted by Gasteiger charge is -2.31. The summed E-state index contributed by atoms with van der Waals surface area (Å²) in [5, 5.41) is 2.71.